The summed E-state index contributed by atoms with van der Waals surface area (Å²) in [6.45, 7) is 0. The first kappa shape index (κ1) is 5.97. The topological polar surface area (TPSA) is 40.5 Å². The Bertz CT molecular complexity index is 62.6. The highest BCUT2D eigenvalue weighted by atomic mass is 32.2. The SMILES string of the molecule is O=C(O)N(S)S. The van der Waals surface area contributed by atoms with Crippen LogP contribution >= 0.6 is 25.6 Å². The van der Waals surface area contributed by atoms with Gasteiger partial charge in [-0.1, -0.05) is 0 Å². The minimum Gasteiger partial charge on any atom is -0.464 e. The molecule has 3 nitrogen and oxygen atoms in total. The van der Waals surface area contributed by atoms with E-state index in [4.69, 9.17) is 5.11 Å². The van der Waals surface area contributed by atoms with Gasteiger partial charge in [0, 0.05) is 0 Å². The fourth-order valence-electron chi connectivity index (χ4n) is 0. The number of hydrogen-bond acceptors (Lipinski definition) is 3. The Balaban J connectivity index is 3.26. The second kappa shape index (κ2) is 2.20. The Hall–Kier alpha value is -0.0300. The molecule has 0 aromatic rings. The third-order valence-corrected chi connectivity index (χ3v) is 0.513. The van der Waals surface area contributed by atoms with E-state index < -0.39 is 6.09 Å². The molecular weight excluding hydrogens is 122 g/mol. The van der Waals surface area contributed by atoms with Gasteiger partial charge in [0.2, 0.25) is 0 Å². The molecule has 5 heteroatoms. The predicted molar refractivity (Wildman–Crippen MR) is 27.8 cm³/mol. The van der Waals surface area contributed by atoms with E-state index in [0.717, 1.165) is 0 Å². The number of amides is 1. The number of nitrogens with zero attached hydrogens (tertiary/aromatic N) is 1. The zero-order valence-corrected chi connectivity index (χ0v) is 4.49. The quantitative estimate of drug-likeness (QED) is 0.416. The molecular formula is CH3NO2S2. The molecule has 0 aliphatic heterocycles. The van der Waals surface area contributed by atoms with Crippen LogP contribution in [0.25, 0.3) is 0 Å². The van der Waals surface area contributed by atoms with Crippen molar-refractivity contribution in [2.75, 3.05) is 0 Å². The van der Waals surface area contributed by atoms with E-state index >= 15 is 0 Å². The molecule has 0 unspecified atom stereocenters. The first-order chi connectivity index (χ1) is 2.64. The molecule has 36 valence electrons. The molecule has 0 spiro atoms. The maximum absolute atomic E-state index is 9.47. The maximum Gasteiger partial charge on any atom is 0.427 e. The van der Waals surface area contributed by atoms with Gasteiger partial charge in [0.25, 0.3) is 0 Å². The van der Waals surface area contributed by atoms with Gasteiger partial charge in [0.1, 0.15) is 0 Å². The summed E-state index contributed by atoms with van der Waals surface area (Å²) >= 11 is 6.58. The molecule has 1 amide bonds. The number of rotatable bonds is 0. The van der Waals surface area contributed by atoms with E-state index in [0.29, 0.717) is 3.71 Å². The van der Waals surface area contributed by atoms with E-state index in [-0.39, 0.29) is 0 Å². The molecule has 0 aromatic heterocycles. The van der Waals surface area contributed by atoms with Gasteiger partial charge < -0.3 is 5.11 Å². The molecule has 0 atom stereocenters. The zero-order valence-electron chi connectivity index (χ0n) is 2.70. The summed E-state index contributed by atoms with van der Waals surface area (Å²) in [5.74, 6) is 0. The molecule has 0 aliphatic carbocycles. The first-order valence-corrected chi connectivity index (χ1v) is 1.85. The number of carbonyl (C=O) groups is 1. The summed E-state index contributed by atoms with van der Waals surface area (Å²) < 4.78 is 0.472. The Labute approximate surface area is 46.0 Å². The molecule has 6 heavy (non-hydrogen) atoms. The number of carboxylic acid groups (broad SMARTS) is 1. The molecule has 0 saturated carbocycles. The molecule has 0 radical (unpaired) electrons. The van der Waals surface area contributed by atoms with Crippen molar-refractivity contribution in [3.05, 3.63) is 0 Å². The van der Waals surface area contributed by atoms with E-state index in [1.54, 1.807) is 0 Å². The first-order valence-electron chi connectivity index (χ1n) is 1.05. The van der Waals surface area contributed by atoms with Crippen LogP contribution in [0.15, 0.2) is 0 Å². The zero-order chi connectivity index (χ0) is 5.15. The van der Waals surface area contributed by atoms with E-state index in [9.17, 15) is 4.79 Å². The van der Waals surface area contributed by atoms with Crippen LogP contribution in [0.2, 0.25) is 0 Å². The van der Waals surface area contributed by atoms with Gasteiger partial charge in [-0.05, 0) is 25.6 Å². The van der Waals surface area contributed by atoms with Gasteiger partial charge >= 0.3 is 6.09 Å². The molecule has 0 bridgehead atoms. The molecule has 0 fully saturated rings. The Morgan fingerprint density at radius 2 is 1.83 bits per heavy atom. The standard InChI is InChI=1S/CH3NO2S2/c3-1(4)2(5)6/h5-6H,(H,3,4). The molecule has 1 N–H and O–H groups in total. The average molecular weight is 125 g/mol. The van der Waals surface area contributed by atoms with Crippen molar-refractivity contribution in [3.63, 3.8) is 0 Å². The van der Waals surface area contributed by atoms with Crippen molar-refractivity contribution in [1.82, 2.24) is 3.71 Å². The minimum absolute atomic E-state index is 0.472. The van der Waals surface area contributed by atoms with Crippen LogP contribution in [0.1, 0.15) is 0 Å². The maximum atomic E-state index is 9.47. The smallest absolute Gasteiger partial charge is 0.427 e. The highest BCUT2D eigenvalue weighted by molar-refractivity contribution is 7.94. The van der Waals surface area contributed by atoms with Crippen LogP contribution in [0, 0.1) is 0 Å². The third kappa shape index (κ3) is 2.22. The molecule has 0 heterocycles. The Kier molecular flexibility index (Phi) is 2.19. The molecule has 0 aromatic carbocycles. The number of thiol groups is 2. The van der Waals surface area contributed by atoms with Crippen LogP contribution in [-0.2, 0) is 0 Å². The van der Waals surface area contributed by atoms with E-state index in [2.05, 4.69) is 25.6 Å². The average Bonchev–Trinajstić information content (AvgIpc) is 1.36. The summed E-state index contributed by atoms with van der Waals surface area (Å²) in [7, 11) is 0. The van der Waals surface area contributed by atoms with Gasteiger partial charge in [-0.3, -0.25) is 0 Å². The largest absolute Gasteiger partial charge is 0.464 e. The fourth-order valence-corrected chi connectivity index (χ4v) is 0. The Morgan fingerprint density at radius 1 is 1.67 bits per heavy atom. The minimum atomic E-state index is -1.18. The highest BCUT2D eigenvalue weighted by Gasteiger charge is 1.95. The van der Waals surface area contributed by atoms with Crippen molar-refractivity contribution in [2.45, 2.75) is 0 Å². The predicted octanol–water partition coefficient (Wildman–Crippen LogP) is 0.656. The van der Waals surface area contributed by atoms with E-state index in [1.807, 2.05) is 0 Å². The van der Waals surface area contributed by atoms with Crippen molar-refractivity contribution < 1.29 is 9.90 Å². The summed E-state index contributed by atoms with van der Waals surface area (Å²) in [4.78, 5) is 9.47. The van der Waals surface area contributed by atoms with Crippen molar-refractivity contribution in [2.24, 2.45) is 0 Å². The van der Waals surface area contributed by atoms with Crippen LogP contribution < -0.4 is 0 Å². The second-order valence-electron chi connectivity index (χ2n) is 0.572. The van der Waals surface area contributed by atoms with Crippen LogP contribution in [0.5, 0.6) is 0 Å². The monoisotopic (exact) mass is 125 g/mol. The number of hydrogen-bond donors (Lipinski definition) is 3. The lowest BCUT2D eigenvalue weighted by molar-refractivity contribution is 0.191. The lowest BCUT2D eigenvalue weighted by atomic mass is 11.3. The van der Waals surface area contributed by atoms with Gasteiger partial charge in [-0.2, -0.15) is 3.71 Å². The van der Waals surface area contributed by atoms with Crippen LogP contribution in [0.4, 0.5) is 4.79 Å². The molecule has 0 aliphatic rings. The summed E-state index contributed by atoms with van der Waals surface area (Å²) in [6, 6.07) is 0. The summed E-state index contributed by atoms with van der Waals surface area (Å²) in [5.41, 5.74) is 0. The van der Waals surface area contributed by atoms with Crippen molar-refractivity contribution in [1.29, 1.82) is 0 Å². The van der Waals surface area contributed by atoms with Gasteiger partial charge in [-0.15, -0.1) is 0 Å². The van der Waals surface area contributed by atoms with Gasteiger partial charge in [0.05, 0.1) is 0 Å². The Morgan fingerprint density at radius 3 is 1.83 bits per heavy atom. The second-order valence-corrected chi connectivity index (χ2v) is 1.69. The summed E-state index contributed by atoms with van der Waals surface area (Å²) in [5, 5.41) is 7.76. The van der Waals surface area contributed by atoms with Gasteiger partial charge in [-0.25, -0.2) is 4.79 Å². The lowest BCUT2D eigenvalue weighted by Crippen LogP contribution is -2.05. The third-order valence-electron chi connectivity index (χ3n) is 0.171. The van der Waals surface area contributed by atoms with Crippen LogP contribution in [0.3, 0.4) is 0 Å². The lowest BCUT2D eigenvalue weighted by Gasteiger charge is -1.95. The van der Waals surface area contributed by atoms with Crippen molar-refractivity contribution >= 4 is 31.7 Å². The van der Waals surface area contributed by atoms with Crippen LogP contribution in [-0.4, -0.2) is 14.9 Å². The molecule has 0 saturated heterocycles. The highest BCUT2D eigenvalue weighted by Crippen LogP contribution is 1.94. The van der Waals surface area contributed by atoms with Gasteiger partial charge in [0.15, 0.2) is 0 Å². The fraction of sp³-hybridized carbons (Fsp3) is 0. The van der Waals surface area contributed by atoms with E-state index in [1.165, 1.54) is 0 Å². The molecule has 0 rings (SSSR count). The van der Waals surface area contributed by atoms with Crippen molar-refractivity contribution in [3.8, 4) is 0 Å². The summed E-state index contributed by atoms with van der Waals surface area (Å²) in [6.07, 6.45) is -1.18. The normalized spacial score (nSPS) is 7.67.